The van der Waals surface area contributed by atoms with E-state index in [1.807, 2.05) is 23.3 Å². The molecule has 1 aliphatic rings. The maximum atomic E-state index is 13.5. The van der Waals surface area contributed by atoms with Crippen LogP contribution in [0.3, 0.4) is 0 Å². The van der Waals surface area contributed by atoms with E-state index in [9.17, 15) is 4.39 Å². The van der Waals surface area contributed by atoms with E-state index in [0.717, 1.165) is 18.1 Å². The zero-order valence-electron chi connectivity index (χ0n) is 18.6. The number of aromatic nitrogens is 3. The van der Waals surface area contributed by atoms with Crippen molar-refractivity contribution >= 4 is 12.2 Å². The predicted octanol–water partition coefficient (Wildman–Crippen LogP) is 5.10. The van der Waals surface area contributed by atoms with Gasteiger partial charge in [0.2, 0.25) is 4.77 Å². The second-order valence-electron chi connectivity index (χ2n) is 8.70. The second kappa shape index (κ2) is 9.02. The van der Waals surface area contributed by atoms with E-state index in [4.69, 9.17) is 17.3 Å². The van der Waals surface area contributed by atoms with Gasteiger partial charge in [0.1, 0.15) is 5.82 Å². The summed E-state index contributed by atoms with van der Waals surface area (Å²) in [7, 11) is 4.05. The molecule has 1 aromatic heterocycles. The maximum absolute atomic E-state index is 13.5. The summed E-state index contributed by atoms with van der Waals surface area (Å²) >= 11 is 5.87. The van der Waals surface area contributed by atoms with Crippen molar-refractivity contribution in [1.82, 2.24) is 24.1 Å². The third kappa shape index (κ3) is 4.95. The van der Waals surface area contributed by atoms with Crippen molar-refractivity contribution in [2.24, 2.45) is 0 Å². The summed E-state index contributed by atoms with van der Waals surface area (Å²) in [6, 6.07) is 15.7. The number of benzene rings is 2. The molecule has 2 aromatic carbocycles. The average molecular weight is 440 g/mol. The molecule has 4 rings (SSSR count). The number of halogens is 1. The lowest BCUT2D eigenvalue weighted by Crippen LogP contribution is -2.29. The molecule has 5 nitrogen and oxygen atoms in total. The number of nitrogens with zero attached hydrogens (tertiary/aromatic N) is 5. The van der Waals surface area contributed by atoms with Crippen molar-refractivity contribution in [1.29, 1.82) is 0 Å². The van der Waals surface area contributed by atoms with Crippen molar-refractivity contribution in [3.05, 3.63) is 76.1 Å². The van der Waals surface area contributed by atoms with Gasteiger partial charge >= 0.3 is 0 Å². The molecule has 1 aliphatic carbocycles. The molecule has 0 bridgehead atoms. The third-order valence-electron chi connectivity index (χ3n) is 5.94. The van der Waals surface area contributed by atoms with Crippen LogP contribution in [0.1, 0.15) is 42.8 Å². The fourth-order valence-corrected chi connectivity index (χ4v) is 4.10. The number of hydrogen-bond donors (Lipinski definition) is 0. The highest BCUT2D eigenvalue weighted by atomic mass is 32.1. The van der Waals surface area contributed by atoms with Gasteiger partial charge in [0.05, 0.1) is 12.7 Å². The molecule has 31 heavy (non-hydrogen) atoms. The van der Waals surface area contributed by atoms with Crippen LogP contribution in [0.25, 0.3) is 5.69 Å². The Bertz CT molecular complexity index is 1100. The molecule has 0 radical (unpaired) electrons. The van der Waals surface area contributed by atoms with Crippen molar-refractivity contribution in [2.45, 2.75) is 52.0 Å². The van der Waals surface area contributed by atoms with Crippen molar-refractivity contribution in [2.75, 3.05) is 14.1 Å². The summed E-state index contributed by atoms with van der Waals surface area (Å²) < 4.78 is 18.0. The van der Waals surface area contributed by atoms with E-state index in [0.29, 0.717) is 17.5 Å². The summed E-state index contributed by atoms with van der Waals surface area (Å²) in [6.07, 6.45) is 2.41. The molecule has 0 aliphatic heterocycles. The highest BCUT2D eigenvalue weighted by Gasteiger charge is 2.30. The number of hydrogen-bond acceptors (Lipinski definition) is 4. The molecular weight excluding hydrogens is 409 g/mol. The lowest BCUT2D eigenvalue weighted by Gasteiger charge is -2.22. The van der Waals surface area contributed by atoms with Crippen LogP contribution in [0.4, 0.5) is 4.39 Å². The standard InChI is InChI=1S/C24H30FN5S/c1-17-6-5-7-19(14-17)15-28(21-12-13-21)16-29-24(31)30(22-10-8-20(25)9-11-22)23(26-29)18(2)27(3)4/h5-11,14,18,21H,12-13,15-16H2,1-4H3/t18-/m0/s1. The van der Waals surface area contributed by atoms with Crippen LogP contribution in [-0.4, -0.2) is 44.3 Å². The van der Waals surface area contributed by atoms with E-state index < -0.39 is 0 Å². The van der Waals surface area contributed by atoms with Crippen LogP contribution in [0.5, 0.6) is 0 Å². The molecule has 3 aromatic rings. The largest absolute Gasteiger partial charge is 0.300 e. The molecule has 1 atom stereocenters. The van der Waals surface area contributed by atoms with Gasteiger partial charge in [-0.1, -0.05) is 29.8 Å². The zero-order chi connectivity index (χ0) is 22.1. The lowest BCUT2D eigenvalue weighted by molar-refractivity contribution is 0.185. The zero-order valence-corrected chi connectivity index (χ0v) is 19.4. The van der Waals surface area contributed by atoms with Gasteiger partial charge < -0.3 is 0 Å². The Morgan fingerprint density at radius 2 is 1.87 bits per heavy atom. The molecule has 164 valence electrons. The second-order valence-corrected chi connectivity index (χ2v) is 9.07. The first-order valence-electron chi connectivity index (χ1n) is 10.7. The first-order chi connectivity index (χ1) is 14.8. The van der Waals surface area contributed by atoms with Crippen LogP contribution >= 0.6 is 12.2 Å². The van der Waals surface area contributed by atoms with Gasteiger partial charge in [-0.05, 0) is 82.8 Å². The fourth-order valence-electron chi connectivity index (χ4n) is 3.80. The highest BCUT2D eigenvalue weighted by molar-refractivity contribution is 7.71. The third-order valence-corrected chi connectivity index (χ3v) is 6.34. The Morgan fingerprint density at radius 1 is 1.16 bits per heavy atom. The van der Waals surface area contributed by atoms with E-state index in [1.54, 1.807) is 12.1 Å². The molecule has 0 saturated heterocycles. The van der Waals surface area contributed by atoms with Gasteiger partial charge in [-0.15, -0.1) is 0 Å². The molecule has 1 fully saturated rings. The summed E-state index contributed by atoms with van der Waals surface area (Å²) in [5, 5.41) is 4.94. The van der Waals surface area contributed by atoms with E-state index >= 15 is 0 Å². The van der Waals surface area contributed by atoms with Crippen LogP contribution in [0, 0.1) is 17.5 Å². The molecule has 1 saturated carbocycles. The maximum Gasteiger partial charge on any atom is 0.203 e. The van der Waals surface area contributed by atoms with Crippen molar-refractivity contribution < 1.29 is 4.39 Å². The Kier molecular flexibility index (Phi) is 6.36. The van der Waals surface area contributed by atoms with Crippen LogP contribution < -0.4 is 0 Å². The predicted molar refractivity (Wildman–Crippen MR) is 124 cm³/mol. The smallest absolute Gasteiger partial charge is 0.203 e. The number of rotatable bonds is 8. The lowest BCUT2D eigenvalue weighted by atomic mass is 10.1. The monoisotopic (exact) mass is 439 g/mol. The van der Waals surface area contributed by atoms with Gasteiger partial charge in [-0.25, -0.2) is 9.07 Å². The van der Waals surface area contributed by atoms with E-state index in [1.165, 1.54) is 36.1 Å². The van der Waals surface area contributed by atoms with Gasteiger partial charge in [0.15, 0.2) is 5.82 Å². The molecule has 0 spiro atoms. The highest BCUT2D eigenvalue weighted by Crippen LogP contribution is 2.30. The Morgan fingerprint density at radius 3 is 2.48 bits per heavy atom. The summed E-state index contributed by atoms with van der Waals surface area (Å²) in [5.41, 5.74) is 3.41. The molecular formula is C24H30FN5S. The van der Waals surface area contributed by atoms with Gasteiger partial charge in [-0.3, -0.25) is 14.4 Å². The van der Waals surface area contributed by atoms with Crippen LogP contribution in [0.15, 0.2) is 48.5 Å². The number of aryl methyl sites for hydroxylation is 1. The molecule has 0 amide bonds. The first-order valence-corrected chi connectivity index (χ1v) is 11.2. The molecule has 1 heterocycles. The summed E-state index contributed by atoms with van der Waals surface area (Å²) in [6.45, 7) is 5.74. The molecule has 0 unspecified atom stereocenters. The molecule has 7 heteroatoms. The van der Waals surface area contributed by atoms with Crippen molar-refractivity contribution in [3.63, 3.8) is 0 Å². The minimum absolute atomic E-state index is 0.0548. The minimum atomic E-state index is -0.261. The first kappa shape index (κ1) is 21.9. The molecule has 0 N–H and O–H groups in total. The quantitative estimate of drug-likeness (QED) is 0.457. The van der Waals surface area contributed by atoms with E-state index in [2.05, 4.69) is 47.9 Å². The Balaban J connectivity index is 1.69. The normalized spacial score (nSPS) is 15.1. The van der Waals surface area contributed by atoms with Gasteiger partial charge in [-0.2, -0.15) is 5.10 Å². The van der Waals surface area contributed by atoms with Gasteiger partial charge in [0, 0.05) is 18.3 Å². The average Bonchev–Trinajstić information content (AvgIpc) is 3.53. The topological polar surface area (TPSA) is 29.2 Å². The van der Waals surface area contributed by atoms with Crippen LogP contribution in [-0.2, 0) is 13.2 Å². The van der Waals surface area contributed by atoms with E-state index in [-0.39, 0.29) is 11.9 Å². The van der Waals surface area contributed by atoms with Crippen molar-refractivity contribution in [3.8, 4) is 5.69 Å². The Labute approximate surface area is 188 Å². The summed E-state index contributed by atoms with van der Waals surface area (Å²) in [5.74, 6) is 0.593. The van der Waals surface area contributed by atoms with Gasteiger partial charge in [0.25, 0.3) is 0 Å². The minimum Gasteiger partial charge on any atom is -0.300 e. The Hall–Kier alpha value is -2.35. The van der Waals surface area contributed by atoms with Crippen LogP contribution in [0.2, 0.25) is 0 Å². The fraction of sp³-hybridized carbons (Fsp3) is 0.417. The summed E-state index contributed by atoms with van der Waals surface area (Å²) in [4.78, 5) is 4.56. The SMILES string of the molecule is Cc1cccc(CN(Cn2nc([C@H](C)N(C)C)n(-c3ccc(F)cc3)c2=S)C2CC2)c1.